The average Bonchev–Trinajstić information content (AvgIpc) is 3.60. The normalized spacial score (nSPS) is 11.9. The van der Waals surface area contributed by atoms with Gasteiger partial charge in [0.2, 0.25) is 0 Å². The van der Waals surface area contributed by atoms with Crippen LogP contribution in [0.4, 0.5) is 0 Å². The second-order valence-electron chi connectivity index (χ2n) is 10.5. The minimum Gasteiger partial charge on any atom is -0.288 e. The third-order valence-corrected chi connectivity index (χ3v) is 8.26. The molecule has 0 fully saturated rings. The van der Waals surface area contributed by atoms with Crippen LogP contribution in [0.3, 0.4) is 0 Å². The van der Waals surface area contributed by atoms with Crippen LogP contribution in [0.1, 0.15) is 0 Å². The van der Waals surface area contributed by atoms with E-state index >= 15 is 0 Å². The van der Waals surface area contributed by atoms with E-state index in [2.05, 4.69) is 136 Å². The molecule has 9 rings (SSSR count). The SMILES string of the molecule is c1ccc(-c2cc(-c3ccccc3)cc(-c3c4c5ccccc5c5cccc(c54)c4nc5ncncc5n34)c2)cc1. The zero-order chi connectivity index (χ0) is 26.9. The first-order valence-electron chi connectivity index (χ1n) is 13.8. The first-order chi connectivity index (χ1) is 20.3. The third kappa shape index (κ3) is 3.19. The monoisotopic (exact) mass is 522 g/mol. The number of rotatable bonds is 3. The van der Waals surface area contributed by atoms with Gasteiger partial charge in [-0.2, -0.15) is 0 Å². The summed E-state index contributed by atoms with van der Waals surface area (Å²) in [7, 11) is 0. The Bertz CT molecular complexity index is 2350. The summed E-state index contributed by atoms with van der Waals surface area (Å²) in [6.07, 6.45) is 3.46. The van der Waals surface area contributed by atoms with Gasteiger partial charge >= 0.3 is 0 Å². The van der Waals surface area contributed by atoms with Gasteiger partial charge in [-0.1, -0.05) is 103 Å². The average molecular weight is 523 g/mol. The van der Waals surface area contributed by atoms with Crippen molar-refractivity contribution in [2.75, 3.05) is 0 Å². The number of nitrogens with zero attached hydrogens (tertiary/aromatic N) is 4. The number of fused-ring (bicyclic) bond motifs is 7. The fourth-order valence-corrected chi connectivity index (χ4v) is 6.52. The predicted molar refractivity (Wildman–Crippen MR) is 168 cm³/mol. The maximum Gasteiger partial charge on any atom is 0.181 e. The molecule has 0 spiro atoms. The summed E-state index contributed by atoms with van der Waals surface area (Å²) < 4.78 is 2.28. The largest absolute Gasteiger partial charge is 0.288 e. The Balaban J connectivity index is 1.53. The third-order valence-electron chi connectivity index (χ3n) is 8.26. The minimum atomic E-state index is 0.696. The van der Waals surface area contributed by atoms with Crippen molar-refractivity contribution in [3.05, 3.63) is 134 Å². The van der Waals surface area contributed by atoms with E-state index in [0.717, 1.165) is 27.8 Å². The van der Waals surface area contributed by atoms with Crippen LogP contribution >= 0.6 is 0 Å². The molecular weight excluding hydrogens is 500 g/mol. The van der Waals surface area contributed by atoms with E-state index in [-0.39, 0.29) is 0 Å². The number of aromatic nitrogens is 4. The molecule has 3 aromatic heterocycles. The van der Waals surface area contributed by atoms with Gasteiger partial charge in [-0.3, -0.25) is 4.40 Å². The van der Waals surface area contributed by atoms with Crippen molar-refractivity contribution in [1.82, 2.24) is 19.4 Å². The van der Waals surface area contributed by atoms with Gasteiger partial charge in [0.05, 0.1) is 11.9 Å². The summed E-state index contributed by atoms with van der Waals surface area (Å²) in [4.78, 5) is 14.1. The Labute approximate surface area is 235 Å². The van der Waals surface area contributed by atoms with E-state index in [4.69, 9.17) is 4.98 Å². The molecule has 0 aliphatic carbocycles. The van der Waals surface area contributed by atoms with Gasteiger partial charge in [0, 0.05) is 21.7 Å². The highest BCUT2D eigenvalue weighted by Crippen LogP contribution is 2.46. The first kappa shape index (κ1) is 22.2. The van der Waals surface area contributed by atoms with Gasteiger partial charge in [0.15, 0.2) is 5.65 Å². The molecule has 0 saturated carbocycles. The van der Waals surface area contributed by atoms with Crippen LogP contribution in [-0.4, -0.2) is 19.4 Å². The van der Waals surface area contributed by atoms with Crippen molar-refractivity contribution in [2.24, 2.45) is 0 Å². The van der Waals surface area contributed by atoms with Crippen LogP contribution in [0.25, 0.3) is 82.6 Å². The Morgan fingerprint density at radius 2 is 1.07 bits per heavy atom. The summed E-state index contributed by atoms with van der Waals surface area (Å²) in [5.74, 6) is 0. The van der Waals surface area contributed by atoms with Crippen LogP contribution < -0.4 is 0 Å². The highest BCUT2D eigenvalue weighted by atomic mass is 15.1. The number of hydrogen-bond donors (Lipinski definition) is 0. The Kier molecular flexibility index (Phi) is 4.58. The minimum absolute atomic E-state index is 0.696. The maximum absolute atomic E-state index is 5.08. The quantitative estimate of drug-likeness (QED) is 0.232. The topological polar surface area (TPSA) is 43.1 Å². The van der Waals surface area contributed by atoms with Gasteiger partial charge in [-0.05, 0) is 56.6 Å². The number of benzene rings is 5. The van der Waals surface area contributed by atoms with Crippen molar-refractivity contribution in [1.29, 1.82) is 0 Å². The van der Waals surface area contributed by atoms with Crippen LogP contribution in [-0.2, 0) is 0 Å². The number of hydrogen-bond acceptors (Lipinski definition) is 3. The Morgan fingerprint density at radius 3 is 1.80 bits per heavy atom. The molecule has 4 nitrogen and oxygen atoms in total. The molecule has 0 aliphatic rings. The van der Waals surface area contributed by atoms with Gasteiger partial charge < -0.3 is 0 Å². The van der Waals surface area contributed by atoms with Crippen molar-refractivity contribution < 1.29 is 0 Å². The van der Waals surface area contributed by atoms with Crippen molar-refractivity contribution >= 4 is 49.1 Å². The van der Waals surface area contributed by atoms with Crippen molar-refractivity contribution in [3.63, 3.8) is 0 Å². The van der Waals surface area contributed by atoms with E-state index in [1.807, 2.05) is 6.20 Å². The summed E-state index contributed by atoms with van der Waals surface area (Å²) >= 11 is 0. The van der Waals surface area contributed by atoms with E-state index in [0.29, 0.717) is 5.65 Å². The summed E-state index contributed by atoms with van der Waals surface area (Å²) in [5.41, 5.74) is 9.43. The predicted octanol–water partition coefficient (Wildman–Crippen LogP) is 9.18. The molecule has 0 radical (unpaired) electrons. The molecule has 190 valence electrons. The summed E-state index contributed by atoms with van der Waals surface area (Å²) in [6.45, 7) is 0. The molecule has 3 heterocycles. The molecule has 6 aromatic carbocycles. The molecule has 0 saturated heterocycles. The Morgan fingerprint density at radius 1 is 0.488 bits per heavy atom. The standard InChI is InChI=1S/C37H22N4/c1-3-10-23(11-4-1)25-18-26(24-12-5-2-6-13-24)20-27(19-25)35-34-30-15-8-7-14-28(30)29-16-9-17-31(33(29)34)37-40-36-32(41(35)37)21-38-22-39-36/h1-22H. The van der Waals surface area contributed by atoms with Crippen molar-refractivity contribution in [2.45, 2.75) is 0 Å². The van der Waals surface area contributed by atoms with Gasteiger partial charge in [0.25, 0.3) is 0 Å². The Hall–Kier alpha value is -5.61. The van der Waals surface area contributed by atoms with E-state index in [1.54, 1.807) is 6.33 Å². The first-order valence-corrected chi connectivity index (χ1v) is 13.8. The maximum atomic E-state index is 5.08. The highest BCUT2D eigenvalue weighted by Gasteiger charge is 2.23. The molecular formula is C37H22N4. The lowest BCUT2D eigenvalue weighted by molar-refractivity contribution is 1.19. The molecule has 0 bridgehead atoms. The lowest BCUT2D eigenvalue weighted by Crippen LogP contribution is -1.96. The van der Waals surface area contributed by atoms with Crippen molar-refractivity contribution in [3.8, 4) is 33.5 Å². The van der Waals surface area contributed by atoms with Crippen LogP contribution in [0.2, 0.25) is 0 Å². The zero-order valence-corrected chi connectivity index (χ0v) is 22.0. The van der Waals surface area contributed by atoms with Crippen LogP contribution in [0.5, 0.6) is 0 Å². The molecule has 0 N–H and O–H groups in total. The summed E-state index contributed by atoms with van der Waals surface area (Å²) in [5, 5.41) is 7.33. The fraction of sp³-hybridized carbons (Fsp3) is 0. The van der Waals surface area contributed by atoms with Crippen LogP contribution in [0, 0.1) is 0 Å². The fourth-order valence-electron chi connectivity index (χ4n) is 6.52. The van der Waals surface area contributed by atoms with Gasteiger partial charge in [0.1, 0.15) is 17.5 Å². The lowest BCUT2D eigenvalue weighted by atomic mass is 9.93. The molecule has 0 aliphatic heterocycles. The van der Waals surface area contributed by atoms with E-state index in [9.17, 15) is 0 Å². The smallest absolute Gasteiger partial charge is 0.181 e. The summed E-state index contributed by atoms with van der Waals surface area (Å²) in [6, 6.07) is 43.4. The van der Waals surface area contributed by atoms with Crippen LogP contribution in [0.15, 0.2) is 134 Å². The van der Waals surface area contributed by atoms with E-state index in [1.165, 1.54) is 49.2 Å². The molecule has 9 aromatic rings. The zero-order valence-electron chi connectivity index (χ0n) is 22.0. The lowest BCUT2D eigenvalue weighted by Gasteiger charge is -2.16. The molecule has 0 unspecified atom stereocenters. The second-order valence-corrected chi connectivity index (χ2v) is 10.5. The van der Waals surface area contributed by atoms with E-state index < -0.39 is 0 Å². The van der Waals surface area contributed by atoms with Gasteiger partial charge in [-0.25, -0.2) is 15.0 Å². The number of pyridine rings is 1. The highest BCUT2D eigenvalue weighted by molar-refractivity contribution is 6.35. The molecule has 41 heavy (non-hydrogen) atoms. The molecule has 0 atom stereocenters. The number of imidazole rings is 1. The van der Waals surface area contributed by atoms with Gasteiger partial charge in [-0.15, -0.1) is 0 Å². The molecule has 0 amide bonds. The second kappa shape index (κ2) is 8.44. The molecule has 4 heteroatoms.